The molecule has 19 heavy (non-hydrogen) atoms. The number of carbonyl (C=O) groups excluding carboxylic acids is 2. The van der Waals surface area contributed by atoms with Crippen molar-refractivity contribution >= 4 is 17.4 Å². The van der Waals surface area contributed by atoms with Crippen LogP contribution in [-0.4, -0.2) is 43.2 Å². The summed E-state index contributed by atoms with van der Waals surface area (Å²) in [5.74, 6) is -0.573. The molecule has 5 heteroatoms. The molecule has 1 atom stereocenters. The maximum absolute atomic E-state index is 11.6. The van der Waals surface area contributed by atoms with Gasteiger partial charge in [-0.15, -0.1) is 0 Å². The van der Waals surface area contributed by atoms with Crippen molar-refractivity contribution in [1.29, 1.82) is 0 Å². The van der Waals surface area contributed by atoms with E-state index < -0.39 is 5.97 Å². The molecule has 1 heterocycles. The third-order valence-corrected chi connectivity index (χ3v) is 3.27. The lowest BCUT2D eigenvalue weighted by Gasteiger charge is -2.19. The first-order chi connectivity index (χ1) is 9.01. The molecule has 1 saturated heterocycles. The van der Waals surface area contributed by atoms with Gasteiger partial charge in [0.1, 0.15) is 0 Å². The second kappa shape index (κ2) is 5.40. The topological polar surface area (TPSA) is 66.8 Å². The zero-order valence-corrected chi connectivity index (χ0v) is 11.0. The first-order valence-corrected chi connectivity index (χ1v) is 6.18. The van der Waals surface area contributed by atoms with Crippen molar-refractivity contribution in [3.05, 3.63) is 29.3 Å². The van der Waals surface area contributed by atoms with Crippen molar-refractivity contribution in [1.82, 2.24) is 0 Å². The summed E-state index contributed by atoms with van der Waals surface area (Å²) >= 11 is 0. The minimum absolute atomic E-state index is 0.105. The summed E-state index contributed by atoms with van der Waals surface area (Å²) in [5, 5.41) is 9.56. The van der Waals surface area contributed by atoms with Gasteiger partial charge in [0, 0.05) is 24.3 Å². The zero-order chi connectivity index (χ0) is 14.0. The van der Waals surface area contributed by atoms with Crippen LogP contribution in [0, 0.1) is 0 Å². The number of rotatable bonds is 3. The van der Waals surface area contributed by atoms with Gasteiger partial charge in [-0.3, -0.25) is 4.79 Å². The fraction of sp³-hybridized carbons (Fsp3) is 0.429. The van der Waals surface area contributed by atoms with E-state index in [1.165, 1.54) is 20.1 Å². The molecule has 1 unspecified atom stereocenters. The number of methoxy groups -OCH3 is 1. The van der Waals surface area contributed by atoms with Gasteiger partial charge in [-0.25, -0.2) is 4.79 Å². The quantitative estimate of drug-likeness (QED) is 0.656. The molecule has 0 bridgehead atoms. The lowest BCUT2D eigenvalue weighted by atomic mass is 10.1. The normalized spacial score (nSPS) is 18.5. The fourth-order valence-corrected chi connectivity index (χ4v) is 2.21. The van der Waals surface area contributed by atoms with Gasteiger partial charge in [-0.1, -0.05) is 0 Å². The number of benzene rings is 1. The molecule has 0 saturated carbocycles. The van der Waals surface area contributed by atoms with Crippen LogP contribution in [0.25, 0.3) is 0 Å². The van der Waals surface area contributed by atoms with Crippen LogP contribution in [0.2, 0.25) is 0 Å². The van der Waals surface area contributed by atoms with Gasteiger partial charge in [0.15, 0.2) is 5.78 Å². The number of hydrogen-bond donors (Lipinski definition) is 1. The molecule has 1 aromatic carbocycles. The number of ketones is 1. The van der Waals surface area contributed by atoms with E-state index in [0.29, 0.717) is 30.6 Å². The third-order valence-electron chi connectivity index (χ3n) is 3.27. The molecule has 1 aromatic rings. The van der Waals surface area contributed by atoms with Crippen molar-refractivity contribution in [2.45, 2.75) is 19.4 Å². The Morgan fingerprint density at radius 1 is 1.32 bits per heavy atom. The molecule has 0 aliphatic carbocycles. The highest BCUT2D eigenvalue weighted by Gasteiger charge is 2.22. The second-order valence-electron chi connectivity index (χ2n) is 4.70. The van der Waals surface area contributed by atoms with Crippen LogP contribution in [0.5, 0.6) is 0 Å². The molecular formula is C14H17NO4. The predicted molar refractivity (Wildman–Crippen MR) is 70.6 cm³/mol. The standard InChI is InChI=1S/C14H17NO4/c1-9(16)10-5-11(14(18)19-2)7-12(6-10)15-4-3-13(17)8-15/h5-7,13,17H,3-4,8H2,1-2H3. The Balaban J connectivity index is 2.39. The maximum atomic E-state index is 11.6. The van der Waals surface area contributed by atoms with E-state index in [1.54, 1.807) is 12.1 Å². The average Bonchev–Trinajstić information content (AvgIpc) is 2.84. The first kappa shape index (κ1) is 13.5. The van der Waals surface area contributed by atoms with E-state index in [2.05, 4.69) is 0 Å². The fourth-order valence-electron chi connectivity index (χ4n) is 2.21. The van der Waals surface area contributed by atoms with Gasteiger partial charge in [-0.05, 0) is 31.5 Å². The molecule has 1 aliphatic heterocycles. The Bertz CT molecular complexity index is 512. The lowest BCUT2D eigenvalue weighted by Crippen LogP contribution is -2.22. The van der Waals surface area contributed by atoms with Gasteiger partial charge in [-0.2, -0.15) is 0 Å². The molecule has 102 valence electrons. The van der Waals surface area contributed by atoms with Crippen molar-refractivity contribution in [3.8, 4) is 0 Å². The summed E-state index contributed by atoms with van der Waals surface area (Å²) in [6.07, 6.45) is 0.334. The minimum atomic E-state index is -0.468. The molecule has 5 nitrogen and oxygen atoms in total. The largest absolute Gasteiger partial charge is 0.465 e. The Labute approximate surface area is 111 Å². The Kier molecular flexibility index (Phi) is 3.85. The van der Waals surface area contributed by atoms with Crippen LogP contribution < -0.4 is 4.90 Å². The first-order valence-electron chi connectivity index (χ1n) is 6.18. The average molecular weight is 263 g/mol. The maximum Gasteiger partial charge on any atom is 0.337 e. The molecule has 0 spiro atoms. The summed E-state index contributed by atoms with van der Waals surface area (Å²) in [6, 6.07) is 4.97. The highest BCUT2D eigenvalue weighted by molar-refractivity contribution is 5.99. The number of aliphatic hydroxyl groups is 1. The van der Waals surface area contributed by atoms with Gasteiger partial charge in [0.05, 0.1) is 18.8 Å². The summed E-state index contributed by atoms with van der Waals surface area (Å²) in [6.45, 7) is 2.68. The predicted octanol–water partition coefficient (Wildman–Crippen LogP) is 1.25. The van der Waals surface area contributed by atoms with Crippen molar-refractivity contribution < 1.29 is 19.4 Å². The van der Waals surface area contributed by atoms with Crippen LogP contribution in [0.1, 0.15) is 34.1 Å². The van der Waals surface area contributed by atoms with Crippen LogP contribution >= 0.6 is 0 Å². The van der Waals surface area contributed by atoms with Crippen molar-refractivity contribution in [3.63, 3.8) is 0 Å². The Morgan fingerprint density at radius 2 is 2.00 bits per heavy atom. The van der Waals surface area contributed by atoms with E-state index >= 15 is 0 Å². The van der Waals surface area contributed by atoms with Crippen LogP contribution in [-0.2, 0) is 4.74 Å². The van der Waals surface area contributed by atoms with E-state index in [1.807, 2.05) is 4.90 Å². The Morgan fingerprint density at radius 3 is 2.53 bits per heavy atom. The van der Waals surface area contributed by atoms with Crippen LogP contribution in [0.3, 0.4) is 0 Å². The highest BCUT2D eigenvalue weighted by atomic mass is 16.5. The number of β-amino-alcohol motifs (C(OH)–C–C–N with tert-alkyl or cyclic N) is 1. The Hall–Kier alpha value is -1.88. The number of esters is 1. The number of carbonyl (C=O) groups is 2. The summed E-state index contributed by atoms with van der Waals surface area (Å²) in [4.78, 5) is 25.1. The molecule has 0 amide bonds. The number of nitrogens with zero attached hydrogens (tertiary/aromatic N) is 1. The van der Waals surface area contributed by atoms with Gasteiger partial charge in [0.2, 0.25) is 0 Å². The molecule has 1 aliphatic rings. The molecular weight excluding hydrogens is 246 g/mol. The summed E-state index contributed by atoms with van der Waals surface area (Å²) in [5.41, 5.74) is 1.59. The van der Waals surface area contributed by atoms with E-state index in [0.717, 1.165) is 5.69 Å². The third kappa shape index (κ3) is 2.93. The van der Waals surface area contributed by atoms with E-state index in [4.69, 9.17) is 4.74 Å². The monoisotopic (exact) mass is 263 g/mol. The number of Topliss-reactive ketones (excluding diaryl/α,β-unsaturated/α-hetero) is 1. The number of hydrogen-bond acceptors (Lipinski definition) is 5. The molecule has 0 radical (unpaired) electrons. The smallest absolute Gasteiger partial charge is 0.337 e. The highest BCUT2D eigenvalue weighted by Crippen LogP contribution is 2.24. The van der Waals surface area contributed by atoms with Gasteiger partial charge < -0.3 is 14.7 Å². The zero-order valence-electron chi connectivity index (χ0n) is 11.0. The number of ether oxygens (including phenoxy) is 1. The van der Waals surface area contributed by atoms with Gasteiger partial charge in [0.25, 0.3) is 0 Å². The molecule has 1 N–H and O–H groups in total. The lowest BCUT2D eigenvalue weighted by molar-refractivity contribution is 0.0600. The van der Waals surface area contributed by atoms with Gasteiger partial charge >= 0.3 is 5.97 Å². The van der Waals surface area contributed by atoms with Crippen molar-refractivity contribution in [2.24, 2.45) is 0 Å². The van der Waals surface area contributed by atoms with E-state index in [-0.39, 0.29) is 11.9 Å². The summed E-state index contributed by atoms with van der Waals surface area (Å²) in [7, 11) is 1.31. The summed E-state index contributed by atoms with van der Waals surface area (Å²) < 4.78 is 4.69. The van der Waals surface area contributed by atoms with Crippen molar-refractivity contribution in [2.75, 3.05) is 25.1 Å². The van der Waals surface area contributed by atoms with Crippen LogP contribution in [0.15, 0.2) is 18.2 Å². The second-order valence-corrected chi connectivity index (χ2v) is 4.70. The molecule has 0 aromatic heterocycles. The number of aliphatic hydroxyl groups excluding tert-OH is 1. The molecule has 1 fully saturated rings. The number of anilines is 1. The SMILES string of the molecule is COC(=O)c1cc(C(C)=O)cc(N2CCC(O)C2)c1. The minimum Gasteiger partial charge on any atom is -0.465 e. The van der Waals surface area contributed by atoms with Crippen LogP contribution in [0.4, 0.5) is 5.69 Å². The molecule has 2 rings (SSSR count). The van der Waals surface area contributed by atoms with E-state index in [9.17, 15) is 14.7 Å².